The van der Waals surface area contributed by atoms with Crippen LogP contribution in [0.2, 0.25) is 0 Å². The molecule has 1 aromatic rings. The van der Waals surface area contributed by atoms with Crippen molar-refractivity contribution in [2.24, 2.45) is 0 Å². The van der Waals surface area contributed by atoms with Crippen LogP contribution in [0.4, 0.5) is 0 Å². The van der Waals surface area contributed by atoms with E-state index < -0.39 is 0 Å². The number of hydrogen-bond acceptors (Lipinski definition) is 3. The molecule has 0 atom stereocenters. The number of methoxy groups -OCH3 is 1. The Labute approximate surface area is 110 Å². The molecule has 94 valence electrons. The number of thiol groups is 1. The first-order valence-corrected chi connectivity index (χ1v) is 6.51. The molecule has 0 spiro atoms. The van der Waals surface area contributed by atoms with Gasteiger partial charge in [-0.25, -0.2) is 0 Å². The maximum atomic E-state index is 5.14. The monoisotopic (exact) mass is 251 g/mol. The lowest BCUT2D eigenvalue weighted by molar-refractivity contribution is 0.151. The topological polar surface area (TPSA) is 12.5 Å². The van der Waals surface area contributed by atoms with Crippen molar-refractivity contribution in [3.63, 3.8) is 0 Å². The molecule has 0 heterocycles. The zero-order valence-electron chi connectivity index (χ0n) is 10.4. The van der Waals surface area contributed by atoms with Crippen molar-refractivity contribution in [2.75, 3.05) is 32.6 Å². The predicted molar refractivity (Wildman–Crippen MR) is 76.6 cm³/mol. The van der Waals surface area contributed by atoms with E-state index in [1.165, 1.54) is 5.56 Å². The van der Waals surface area contributed by atoms with Crippen molar-refractivity contribution in [3.05, 3.63) is 48.0 Å². The molecule has 0 N–H and O–H groups in total. The molecule has 2 nitrogen and oxygen atoms in total. The summed E-state index contributed by atoms with van der Waals surface area (Å²) in [5, 5.41) is 0. The molecule has 0 radical (unpaired) electrons. The Balaban J connectivity index is 2.47. The molecule has 0 saturated heterocycles. The van der Waals surface area contributed by atoms with Crippen LogP contribution >= 0.6 is 12.6 Å². The minimum atomic E-state index is 0.765. The van der Waals surface area contributed by atoms with Crippen LogP contribution in [-0.2, 0) is 11.3 Å². The summed E-state index contributed by atoms with van der Waals surface area (Å²) in [6.45, 7) is 3.61. The van der Waals surface area contributed by atoms with Gasteiger partial charge in [-0.3, -0.25) is 4.90 Å². The molecular weight excluding hydrogens is 230 g/mol. The van der Waals surface area contributed by atoms with Crippen molar-refractivity contribution < 1.29 is 4.74 Å². The lowest BCUT2D eigenvalue weighted by Crippen LogP contribution is -2.27. The van der Waals surface area contributed by atoms with Crippen LogP contribution in [0.5, 0.6) is 0 Å². The van der Waals surface area contributed by atoms with Gasteiger partial charge < -0.3 is 4.74 Å². The summed E-state index contributed by atoms with van der Waals surface area (Å²) in [6, 6.07) is 10.5. The number of hydrogen-bond donors (Lipinski definition) is 1. The highest BCUT2D eigenvalue weighted by molar-refractivity contribution is 7.80. The second-order valence-corrected chi connectivity index (χ2v) is 4.23. The zero-order chi connectivity index (χ0) is 12.3. The molecule has 1 rings (SSSR count). The highest BCUT2D eigenvalue weighted by Gasteiger charge is 2.03. The molecule has 0 aromatic heterocycles. The van der Waals surface area contributed by atoms with Gasteiger partial charge in [0.1, 0.15) is 0 Å². The molecule has 0 bridgehead atoms. The van der Waals surface area contributed by atoms with Gasteiger partial charge in [0.25, 0.3) is 0 Å². The zero-order valence-corrected chi connectivity index (χ0v) is 11.3. The van der Waals surface area contributed by atoms with Gasteiger partial charge in [-0.2, -0.15) is 12.6 Å². The van der Waals surface area contributed by atoms with E-state index in [0.717, 1.165) is 32.0 Å². The van der Waals surface area contributed by atoms with Gasteiger partial charge in [0.15, 0.2) is 0 Å². The SMILES string of the molecule is COCCN(C/C=C/CS)Cc1ccccc1. The molecule has 0 aliphatic rings. The van der Waals surface area contributed by atoms with E-state index in [0.29, 0.717) is 0 Å². The Kier molecular flexibility index (Phi) is 7.80. The molecule has 0 fully saturated rings. The van der Waals surface area contributed by atoms with Gasteiger partial charge in [-0.15, -0.1) is 0 Å². The summed E-state index contributed by atoms with van der Waals surface area (Å²) in [7, 11) is 1.74. The highest BCUT2D eigenvalue weighted by Crippen LogP contribution is 2.04. The minimum absolute atomic E-state index is 0.765. The standard InChI is InChI=1S/C14H21NOS/c1-16-11-10-15(9-5-6-12-17)13-14-7-3-2-4-8-14/h2-8,17H,9-13H2,1H3/b6-5+. The lowest BCUT2D eigenvalue weighted by atomic mass is 10.2. The van der Waals surface area contributed by atoms with Crippen LogP contribution in [0.25, 0.3) is 0 Å². The summed E-state index contributed by atoms with van der Waals surface area (Å²) in [6.07, 6.45) is 4.24. The van der Waals surface area contributed by atoms with E-state index in [4.69, 9.17) is 4.74 Å². The molecule has 1 aromatic carbocycles. The average Bonchev–Trinajstić information content (AvgIpc) is 2.37. The van der Waals surface area contributed by atoms with Crippen LogP contribution in [0.3, 0.4) is 0 Å². The normalized spacial score (nSPS) is 11.5. The second-order valence-electron chi connectivity index (χ2n) is 3.87. The van der Waals surface area contributed by atoms with Crippen LogP contribution in [0, 0.1) is 0 Å². The maximum absolute atomic E-state index is 5.14. The summed E-state index contributed by atoms with van der Waals surface area (Å²) < 4.78 is 5.14. The maximum Gasteiger partial charge on any atom is 0.0589 e. The molecule has 0 unspecified atom stereocenters. The third-order valence-corrected chi connectivity index (χ3v) is 2.71. The molecule has 0 amide bonds. The first-order chi connectivity index (χ1) is 8.36. The Hall–Kier alpha value is -0.770. The van der Waals surface area contributed by atoms with Crippen LogP contribution in [0.1, 0.15) is 5.56 Å². The third kappa shape index (κ3) is 6.51. The number of ether oxygens (including phenoxy) is 1. The first-order valence-electron chi connectivity index (χ1n) is 5.88. The Bertz CT molecular complexity index is 313. The molecule has 17 heavy (non-hydrogen) atoms. The van der Waals surface area contributed by atoms with E-state index in [9.17, 15) is 0 Å². The van der Waals surface area contributed by atoms with Crippen molar-refractivity contribution >= 4 is 12.6 Å². The number of rotatable bonds is 8. The molecular formula is C14H21NOS. The Morgan fingerprint density at radius 1 is 1.24 bits per heavy atom. The second kappa shape index (κ2) is 9.28. The molecule has 0 saturated carbocycles. The quantitative estimate of drug-likeness (QED) is 0.563. The van der Waals surface area contributed by atoms with Gasteiger partial charge in [0.05, 0.1) is 6.61 Å². The Morgan fingerprint density at radius 3 is 2.65 bits per heavy atom. The molecule has 0 aliphatic heterocycles. The molecule has 0 aliphatic carbocycles. The fourth-order valence-electron chi connectivity index (χ4n) is 1.60. The minimum Gasteiger partial charge on any atom is -0.383 e. The van der Waals surface area contributed by atoms with E-state index in [2.05, 4.69) is 53.9 Å². The van der Waals surface area contributed by atoms with Crippen molar-refractivity contribution in [1.82, 2.24) is 4.90 Å². The van der Waals surface area contributed by atoms with Crippen LogP contribution in [0.15, 0.2) is 42.5 Å². The van der Waals surface area contributed by atoms with Crippen LogP contribution < -0.4 is 0 Å². The Morgan fingerprint density at radius 2 is 2.00 bits per heavy atom. The third-order valence-electron chi connectivity index (χ3n) is 2.50. The summed E-state index contributed by atoms with van der Waals surface area (Å²) >= 11 is 4.16. The summed E-state index contributed by atoms with van der Waals surface area (Å²) in [4.78, 5) is 2.36. The van der Waals surface area contributed by atoms with Crippen molar-refractivity contribution in [3.8, 4) is 0 Å². The van der Waals surface area contributed by atoms with Gasteiger partial charge in [-0.05, 0) is 5.56 Å². The van der Waals surface area contributed by atoms with E-state index in [1.54, 1.807) is 7.11 Å². The largest absolute Gasteiger partial charge is 0.383 e. The van der Waals surface area contributed by atoms with E-state index in [-0.39, 0.29) is 0 Å². The lowest BCUT2D eigenvalue weighted by Gasteiger charge is -2.20. The fourth-order valence-corrected chi connectivity index (χ4v) is 1.74. The fraction of sp³-hybridized carbons (Fsp3) is 0.429. The number of benzene rings is 1. The smallest absolute Gasteiger partial charge is 0.0589 e. The van der Waals surface area contributed by atoms with Gasteiger partial charge in [0.2, 0.25) is 0 Å². The van der Waals surface area contributed by atoms with Gasteiger partial charge in [0, 0.05) is 32.5 Å². The summed E-state index contributed by atoms with van der Waals surface area (Å²) in [5.41, 5.74) is 1.34. The van der Waals surface area contributed by atoms with Gasteiger partial charge in [-0.1, -0.05) is 42.5 Å². The predicted octanol–water partition coefficient (Wildman–Crippen LogP) is 2.62. The summed E-state index contributed by atoms with van der Waals surface area (Å²) in [5.74, 6) is 0.795. The van der Waals surface area contributed by atoms with Gasteiger partial charge >= 0.3 is 0 Å². The van der Waals surface area contributed by atoms with Crippen molar-refractivity contribution in [2.45, 2.75) is 6.54 Å². The van der Waals surface area contributed by atoms with Crippen LogP contribution in [-0.4, -0.2) is 37.5 Å². The van der Waals surface area contributed by atoms with Crippen molar-refractivity contribution in [1.29, 1.82) is 0 Å². The first kappa shape index (κ1) is 14.3. The highest BCUT2D eigenvalue weighted by atomic mass is 32.1. The van der Waals surface area contributed by atoms with E-state index in [1.807, 2.05) is 6.07 Å². The van der Waals surface area contributed by atoms with E-state index >= 15 is 0 Å². The number of nitrogens with zero attached hydrogens (tertiary/aromatic N) is 1. The average molecular weight is 251 g/mol. The molecule has 3 heteroatoms.